The van der Waals surface area contributed by atoms with Crippen LogP contribution < -0.4 is 5.32 Å². The van der Waals surface area contributed by atoms with E-state index in [1.54, 1.807) is 24.3 Å². The predicted molar refractivity (Wildman–Crippen MR) is 93.8 cm³/mol. The molecule has 0 spiro atoms. The van der Waals surface area contributed by atoms with Crippen LogP contribution in [0.3, 0.4) is 0 Å². The van der Waals surface area contributed by atoms with Crippen LogP contribution in [0.1, 0.15) is 50.9 Å². The SMILES string of the molecule is CC(=O)c1ccc(NC(=O)C2CCN(C(=O)C(C)(C)C)CC2)cc1. The van der Waals surface area contributed by atoms with Gasteiger partial charge in [0, 0.05) is 35.7 Å². The number of rotatable bonds is 3. The number of amides is 2. The normalized spacial score (nSPS) is 15.9. The number of likely N-dealkylation sites (tertiary alicyclic amines) is 1. The molecule has 1 aliphatic rings. The van der Waals surface area contributed by atoms with E-state index >= 15 is 0 Å². The lowest BCUT2D eigenvalue weighted by molar-refractivity contribution is -0.142. The van der Waals surface area contributed by atoms with E-state index in [-0.39, 0.29) is 28.9 Å². The smallest absolute Gasteiger partial charge is 0.227 e. The zero-order chi connectivity index (χ0) is 17.9. The first-order valence-electron chi connectivity index (χ1n) is 8.39. The average Bonchev–Trinajstić information content (AvgIpc) is 2.54. The fourth-order valence-corrected chi connectivity index (χ4v) is 2.85. The van der Waals surface area contributed by atoms with Crippen molar-refractivity contribution in [2.24, 2.45) is 11.3 Å². The second-order valence-electron chi connectivity index (χ2n) is 7.44. The first-order valence-corrected chi connectivity index (χ1v) is 8.39. The van der Waals surface area contributed by atoms with Crippen LogP contribution in [0.5, 0.6) is 0 Å². The summed E-state index contributed by atoms with van der Waals surface area (Å²) in [6, 6.07) is 6.91. The highest BCUT2D eigenvalue weighted by Crippen LogP contribution is 2.24. The molecule has 0 bridgehead atoms. The molecule has 1 aromatic carbocycles. The fourth-order valence-electron chi connectivity index (χ4n) is 2.85. The van der Waals surface area contributed by atoms with Gasteiger partial charge in [-0.1, -0.05) is 20.8 Å². The van der Waals surface area contributed by atoms with Crippen LogP contribution in [-0.4, -0.2) is 35.6 Å². The van der Waals surface area contributed by atoms with Crippen molar-refractivity contribution in [3.63, 3.8) is 0 Å². The lowest BCUT2D eigenvalue weighted by atomic mass is 9.90. The van der Waals surface area contributed by atoms with Crippen molar-refractivity contribution < 1.29 is 14.4 Å². The highest BCUT2D eigenvalue weighted by Gasteiger charge is 2.32. The molecule has 1 saturated heterocycles. The number of ketones is 1. The molecule has 0 aliphatic carbocycles. The van der Waals surface area contributed by atoms with Crippen molar-refractivity contribution in [2.75, 3.05) is 18.4 Å². The number of benzene rings is 1. The summed E-state index contributed by atoms with van der Waals surface area (Å²) in [5.41, 5.74) is 0.938. The van der Waals surface area contributed by atoms with E-state index in [9.17, 15) is 14.4 Å². The van der Waals surface area contributed by atoms with E-state index in [2.05, 4.69) is 5.32 Å². The van der Waals surface area contributed by atoms with Gasteiger partial charge in [-0.25, -0.2) is 0 Å². The Bertz CT molecular complexity index is 621. The van der Waals surface area contributed by atoms with Crippen LogP contribution in [0.4, 0.5) is 5.69 Å². The summed E-state index contributed by atoms with van der Waals surface area (Å²) < 4.78 is 0. The molecular formula is C19H26N2O3. The van der Waals surface area contributed by atoms with Gasteiger partial charge in [-0.2, -0.15) is 0 Å². The van der Waals surface area contributed by atoms with E-state index in [1.165, 1.54) is 6.92 Å². The number of nitrogens with one attached hydrogen (secondary N) is 1. The highest BCUT2D eigenvalue weighted by molar-refractivity contribution is 5.96. The van der Waals surface area contributed by atoms with Gasteiger partial charge in [-0.3, -0.25) is 14.4 Å². The minimum Gasteiger partial charge on any atom is -0.342 e. The lowest BCUT2D eigenvalue weighted by Crippen LogP contribution is -2.45. The van der Waals surface area contributed by atoms with Gasteiger partial charge in [0.15, 0.2) is 5.78 Å². The van der Waals surface area contributed by atoms with Gasteiger partial charge < -0.3 is 10.2 Å². The molecule has 0 saturated carbocycles. The van der Waals surface area contributed by atoms with E-state index < -0.39 is 0 Å². The molecule has 5 nitrogen and oxygen atoms in total. The van der Waals surface area contributed by atoms with Crippen LogP contribution in [0.2, 0.25) is 0 Å². The third-order valence-electron chi connectivity index (χ3n) is 4.35. The monoisotopic (exact) mass is 330 g/mol. The first kappa shape index (κ1) is 18.2. The molecule has 1 N–H and O–H groups in total. The summed E-state index contributed by atoms with van der Waals surface area (Å²) >= 11 is 0. The summed E-state index contributed by atoms with van der Waals surface area (Å²) in [4.78, 5) is 37.8. The molecule has 24 heavy (non-hydrogen) atoms. The second kappa shape index (κ2) is 7.16. The zero-order valence-electron chi connectivity index (χ0n) is 14.9. The molecule has 0 unspecified atom stereocenters. The average molecular weight is 330 g/mol. The molecule has 0 atom stereocenters. The van der Waals surface area contributed by atoms with Crippen molar-refractivity contribution in [3.8, 4) is 0 Å². The highest BCUT2D eigenvalue weighted by atomic mass is 16.2. The third-order valence-corrected chi connectivity index (χ3v) is 4.35. The number of piperidine rings is 1. The Balaban J connectivity index is 1.89. The molecule has 5 heteroatoms. The van der Waals surface area contributed by atoms with Gasteiger partial charge in [0.25, 0.3) is 0 Å². The van der Waals surface area contributed by atoms with E-state index in [0.29, 0.717) is 37.2 Å². The molecule has 0 aromatic heterocycles. The van der Waals surface area contributed by atoms with Crippen molar-refractivity contribution in [1.82, 2.24) is 4.90 Å². The van der Waals surface area contributed by atoms with Crippen LogP contribution in [0, 0.1) is 11.3 Å². The molecular weight excluding hydrogens is 304 g/mol. The van der Waals surface area contributed by atoms with Crippen molar-refractivity contribution in [3.05, 3.63) is 29.8 Å². The molecule has 130 valence electrons. The second-order valence-corrected chi connectivity index (χ2v) is 7.44. The summed E-state index contributed by atoms with van der Waals surface area (Å²) in [5, 5.41) is 2.90. The Morgan fingerprint density at radius 3 is 2.04 bits per heavy atom. The quantitative estimate of drug-likeness (QED) is 0.866. The minimum absolute atomic E-state index is 0.00349. The number of Topliss-reactive ketones (excluding diaryl/α,β-unsaturated/α-hetero) is 1. The van der Waals surface area contributed by atoms with Crippen molar-refractivity contribution in [1.29, 1.82) is 0 Å². The fraction of sp³-hybridized carbons (Fsp3) is 0.526. The number of carbonyl (C=O) groups is 3. The number of carbonyl (C=O) groups excluding carboxylic acids is 3. The molecule has 1 heterocycles. The van der Waals surface area contributed by atoms with Gasteiger partial charge in [0.2, 0.25) is 11.8 Å². The van der Waals surface area contributed by atoms with Gasteiger partial charge in [0.1, 0.15) is 0 Å². The largest absolute Gasteiger partial charge is 0.342 e. The predicted octanol–water partition coefficient (Wildman–Crippen LogP) is 3.11. The Hall–Kier alpha value is -2.17. The molecule has 2 rings (SSSR count). The van der Waals surface area contributed by atoms with Crippen LogP contribution in [0.25, 0.3) is 0 Å². The summed E-state index contributed by atoms with van der Waals surface area (Å²) in [6.45, 7) is 8.51. The molecule has 2 amide bonds. The molecule has 0 radical (unpaired) electrons. The van der Waals surface area contributed by atoms with Crippen molar-refractivity contribution in [2.45, 2.75) is 40.5 Å². The maximum Gasteiger partial charge on any atom is 0.227 e. The summed E-state index contributed by atoms with van der Waals surface area (Å²) in [6.07, 6.45) is 1.36. The minimum atomic E-state index is -0.381. The van der Waals surface area contributed by atoms with E-state index in [4.69, 9.17) is 0 Å². The molecule has 1 aromatic rings. The summed E-state index contributed by atoms with van der Waals surface area (Å²) in [7, 11) is 0. The van der Waals surface area contributed by atoms with Crippen LogP contribution in [-0.2, 0) is 9.59 Å². The van der Waals surface area contributed by atoms with E-state index in [0.717, 1.165) is 0 Å². The van der Waals surface area contributed by atoms with Gasteiger partial charge in [-0.05, 0) is 44.0 Å². The van der Waals surface area contributed by atoms with Crippen LogP contribution in [0.15, 0.2) is 24.3 Å². The van der Waals surface area contributed by atoms with Crippen LogP contribution >= 0.6 is 0 Å². The number of nitrogens with zero attached hydrogens (tertiary/aromatic N) is 1. The van der Waals surface area contributed by atoms with Gasteiger partial charge >= 0.3 is 0 Å². The zero-order valence-corrected chi connectivity index (χ0v) is 14.9. The van der Waals surface area contributed by atoms with Crippen molar-refractivity contribution >= 4 is 23.3 Å². The first-order chi connectivity index (χ1) is 11.2. The maximum atomic E-state index is 12.4. The Labute approximate surface area is 143 Å². The Morgan fingerprint density at radius 1 is 1.04 bits per heavy atom. The third kappa shape index (κ3) is 4.43. The van der Waals surface area contributed by atoms with Gasteiger partial charge in [-0.15, -0.1) is 0 Å². The topological polar surface area (TPSA) is 66.5 Å². The maximum absolute atomic E-state index is 12.4. The Kier molecular flexibility index (Phi) is 5.42. The number of hydrogen-bond acceptors (Lipinski definition) is 3. The number of anilines is 1. The lowest BCUT2D eigenvalue weighted by Gasteiger charge is -2.35. The standard InChI is InChI=1S/C19H26N2O3/c1-13(22)14-5-7-16(8-6-14)20-17(23)15-9-11-21(12-10-15)18(24)19(2,3)4/h5-8,15H,9-12H2,1-4H3,(H,20,23). The Morgan fingerprint density at radius 2 is 1.58 bits per heavy atom. The molecule has 1 aliphatic heterocycles. The molecule has 1 fully saturated rings. The van der Waals surface area contributed by atoms with Gasteiger partial charge in [0.05, 0.1) is 0 Å². The van der Waals surface area contributed by atoms with E-state index in [1.807, 2.05) is 25.7 Å². The number of hydrogen-bond donors (Lipinski definition) is 1. The summed E-state index contributed by atoms with van der Waals surface area (Å²) in [5.74, 6) is 0.0416.